The number of esters is 1. The second-order valence-electron chi connectivity index (χ2n) is 8.68. The number of methoxy groups -OCH3 is 1. The number of carbonyl (C=O) groups excluding carboxylic acids is 1. The normalized spacial score (nSPS) is 11.6. The largest absolute Gasteiger partial charge is 0.504 e. The number of phenols is 1. The van der Waals surface area contributed by atoms with E-state index in [2.05, 4.69) is 53.7 Å². The van der Waals surface area contributed by atoms with E-state index in [1.54, 1.807) is 6.07 Å². The zero-order chi connectivity index (χ0) is 24.8. The van der Waals surface area contributed by atoms with Crippen molar-refractivity contribution < 1.29 is 24.1 Å². The minimum absolute atomic E-state index is 0.159. The number of phenolic OH excluding ortho intramolecular Hbond substituents is 1. The van der Waals surface area contributed by atoms with E-state index in [9.17, 15) is 9.90 Å². The van der Waals surface area contributed by atoms with Crippen LogP contribution in [0.3, 0.4) is 0 Å². The van der Waals surface area contributed by atoms with Gasteiger partial charge in [0, 0.05) is 0 Å². The molecule has 0 aliphatic carbocycles. The van der Waals surface area contributed by atoms with Gasteiger partial charge in [0.05, 0.1) is 12.7 Å². The maximum Gasteiger partial charge on any atom is 0.338 e. The summed E-state index contributed by atoms with van der Waals surface area (Å²) in [6, 6.07) is 2.87. The molecule has 0 unspecified atom stereocenters. The Morgan fingerprint density at radius 3 is 1.82 bits per heavy atom. The van der Waals surface area contributed by atoms with Gasteiger partial charge in [0.25, 0.3) is 0 Å². The second kappa shape index (κ2) is 15.0. The quantitative estimate of drug-likeness (QED) is 0.249. The van der Waals surface area contributed by atoms with Gasteiger partial charge < -0.3 is 19.3 Å². The van der Waals surface area contributed by atoms with Gasteiger partial charge in [-0.15, -0.1) is 0 Å². The summed E-state index contributed by atoms with van der Waals surface area (Å²) in [6.45, 7) is 13.1. The van der Waals surface area contributed by atoms with Gasteiger partial charge in [-0.2, -0.15) is 0 Å². The summed E-state index contributed by atoms with van der Waals surface area (Å²) in [7, 11) is 1.30. The van der Waals surface area contributed by atoms with Gasteiger partial charge in [-0.05, 0) is 91.5 Å². The lowest BCUT2D eigenvalue weighted by Gasteiger charge is -2.14. The third kappa shape index (κ3) is 11.5. The number of carbonyl (C=O) groups is 1. The molecule has 0 amide bonds. The first-order valence-electron chi connectivity index (χ1n) is 11.4. The summed E-state index contributed by atoms with van der Waals surface area (Å²) in [5.41, 5.74) is 5.22. The van der Waals surface area contributed by atoms with Crippen LogP contribution in [0.1, 0.15) is 77.6 Å². The molecule has 0 aliphatic heterocycles. The fraction of sp³-hybridized carbons (Fsp3) is 0.464. The molecule has 1 N–H and O–H groups in total. The average Bonchev–Trinajstić information content (AvgIpc) is 2.74. The minimum Gasteiger partial charge on any atom is -0.504 e. The topological polar surface area (TPSA) is 65.0 Å². The minimum atomic E-state index is -0.551. The number of benzene rings is 1. The Morgan fingerprint density at radius 1 is 0.818 bits per heavy atom. The van der Waals surface area contributed by atoms with Crippen molar-refractivity contribution in [1.82, 2.24) is 0 Å². The Bertz CT molecular complexity index is 895. The highest BCUT2D eigenvalue weighted by Gasteiger charge is 2.17. The van der Waals surface area contributed by atoms with Crippen molar-refractivity contribution in [3.05, 3.63) is 64.3 Å². The van der Waals surface area contributed by atoms with E-state index in [4.69, 9.17) is 14.2 Å². The van der Waals surface area contributed by atoms with E-state index >= 15 is 0 Å². The highest BCUT2D eigenvalue weighted by Crippen LogP contribution is 2.38. The number of allylic oxidation sites excluding steroid dienone is 6. The molecule has 0 heterocycles. The van der Waals surface area contributed by atoms with Crippen LogP contribution in [-0.2, 0) is 4.74 Å². The number of rotatable bonds is 13. The Labute approximate surface area is 199 Å². The van der Waals surface area contributed by atoms with Crippen LogP contribution in [-0.4, -0.2) is 31.4 Å². The van der Waals surface area contributed by atoms with Crippen LogP contribution < -0.4 is 9.47 Å². The lowest BCUT2D eigenvalue weighted by atomic mass is 10.1. The summed E-state index contributed by atoms with van der Waals surface area (Å²) in [6.07, 6.45) is 12.3. The molecule has 5 heteroatoms. The predicted octanol–water partition coefficient (Wildman–Crippen LogP) is 7.32. The molecule has 0 saturated heterocycles. The lowest BCUT2D eigenvalue weighted by molar-refractivity contribution is 0.0599. The molecule has 182 valence electrons. The summed E-state index contributed by atoms with van der Waals surface area (Å²) < 4.78 is 16.5. The van der Waals surface area contributed by atoms with E-state index in [0.717, 1.165) is 25.7 Å². The predicted molar refractivity (Wildman–Crippen MR) is 135 cm³/mol. The number of hydrogen-bond donors (Lipinski definition) is 1. The van der Waals surface area contributed by atoms with Crippen LogP contribution in [0.4, 0.5) is 0 Å². The van der Waals surface area contributed by atoms with Crippen molar-refractivity contribution in [1.29, 1.82) is 0 Å². The second-order valence-corrected chi connectivity index (χ2v) is 8.68. The first-order valence-corrected chi connectivity index (χ1v) is 11.4. The first-order chi connectivity index (χ1) is 15.6. The first kappa shape index (κ1) is 28.1. The molecule has 0 spiro atoms. The zero-order valence-corrected chi connectivity index (χ0v) is 21.3. The highest BCUT2D eigenvalue weighted by atomic mass is 16.5. The average molecular weight is 457 g/mol. The molecule has 1 aromatic rings. The lowest BCUT2D eigenvalue weighted by Crippen LogP contribution is -2.05. The van der Waals surface area contributed by atoms with Gasteiger partial charge in [-0.3, -0.25) is 0 Å². The molecular weight excluding hydrogens is 416 g/mol. The van der Waals surface area contributed by atoms with Gasteiger partial charge in [-0.25, -0.2) is 4.79 Å². The van der Waals surface area contributed by atoms with Crippen LogP contribution in [0.25, 0.3) is 0 Å². The zero-order valence-electron chi connectivity index (χ0n) is 21.3. The monoisotopic (exact) mass is 456 g/mol. The third-order valence-electron chi connectivity index (χ3n) is 4.97. The molecular formula is C28H40O5. The van der Waals surface area contributed by atoms with Crippen molar-refractivity contribution in [2.24, 2.45) is 0 Å². The van der Waals surface area contributed by atoms with Gasteiger partial charge >= 0.3 is 5.97 Å². The van der Waals surface area contributed by atoms with Gasteiger partial charge in [0.2, 0.25) is 5.75 Å². The highest BCUT2D eigenvalue weighted by molar-refractivity contribution is 5.91. The smallest absolute Gasteiger partial charge is 0.338 e. The van der Waals surface area contributed by atoms with Crippen molar-refractivity contribution in [3.63, 3.8) is 0 Å². The molecule has 0 saturated carbocycles. The molecule has 0 atom stereocenters. The molecule has 1 aromatic carbocycles. The fourth-order valence-corrected chi connectivity index (χ4v) is 3.00. The maximum atomic E-state index is 12.0. The SMILES string of the molecule is COC(=O)c1cc(O)c(OC/C=C(\C)CCC=C(C)C)c(OC/C=C(\C)CCC=C(C)C)c1. The summed E-state index contributed by atoms with van der Waals surface area (Å²) >= 11 is 0. The van der Waals surface area contributed by atoms with Crippen molar-refractivity contribution in [3.8, 4) is 17.2 Å². The number of ether oxygens (including phenoxy) is 3. The fourth-order valence-electron chi connectivity index (χ4n) is 3.00. The Morgan fingerprint density at radius 2 is 1.33 bits per heavy atom. The van der Waals surface area contributed by atoms with E-state index in [0.29, 0.717) is 19.0 Å². The van der Waals surface area contributed by atoms with E-state index in [1.165, 1.54) is 35.5 Å². The molecule has 33 heavy (non-hydrogen) atoms. The summed E-state index contributed by atoms with van der Waals surface area (Å²) in [5.74, 6) is -0.191. The molecule has 0 radical (unpaired) electrons. The van der Waals surface area contributed by atoms with Crippen molar-refractivity contribution in [2.75, 3.05) is 20.3 Å². The Balaban J connectivity index is 2.92. The van der Waals surface area contributed by atoms with Gasteiger partial charge in [0.1, 0.15) is 13.2 Å². The van der Waals surface area contributed by atoms with Gasteiger partial charge in [-0.1, -0.05) is 34.4 Å². The van der Waals surface area contributed by atoms with Crippen LogP contribution in [0.2, 0.25) is 0 Å². The summed E-state index contributed by atoms with van der Waals surface area (Å²) in [4.78, 5) is 12.0. The van der Waals surface area contributed by atoms with E-state index < -0.39 is 5.97 Å². The van der Waals surface area contributed by atoms with Gasteiger partial charge in [0.15, 0.2) is 11.5 Å². The molecule has 0 bridgehead atoms. The van der Waals surface area contributed by atoms with Crippen molar-refractivity contribution in [2.45, 2.75) is 67.2 Å². The van der Waals surface area contributed by atoms with Crippen molar-refractivity contribution >= 4 is 5.97 Å². The molecule has 1 rings (SSSR count). The Kier molecular flexibility index (Phi) is 12.8. The maximum absolute atomic E-state index is 12.0. The molecule has 0 aromatic heterocycles. The van der Waals surface area contributed by atoms with E-state index in [-0.39, 0.29) is 17.1 Å². The number of hydrogen-bond acceptors (Lipinski definition) is 5. The molecule has 5 nitrogen and oxygen atoms in total. The van der Waals surface area contributed by atoms with E-state index in [1.807, 2.05) is 12.2 Å². The van der Waals surface area contributed by atoms with Crippen LogP contribution in [0.5, 0.6) is 17.2 Å². The third-order valence-corrected chi connectivity index (χ3v) is 4.97. The standard InChI is InChI=1S/C28H40O5/c1-20(2)10-8-12-22(5)14-16-32-26-19-24(28(30)31-7)18-25(29)27(26)33-17-15-23(6)13-9-11-21(3)4/h10-11,14-15,18-19,29H,8-9,12-13,16-17H2,1-7H3/b22-14+,23-15+. The Hall–Kier alpha value is -2.95. The van der Waals surface area contributed by atoms with Crippen LogP contribution in [0.15, 0.2) is 58.7 Å². The summed E-state index contributed by atoms with van der Waals surface area (Å²) in [5, 5.41) is 10.5. The van der Waals surface area contributed by atoms with Crippen LogP contribution in [0, 0.1) is 0 Å². The van der Waals surface area contributed by atoms with Crippen LogP contribution >= 0.6 is 0 Å². The molecule has 0 aliphatic rings. The number of aromatic hydroxyl groups is 1. The molecule has 0 fully saturated rings.